The van der Waals surface area contributed by atoms with Crippen molar-refractivity contribution in [2.45, 2.75) is 44.2 Å². The molecule has 2 saturated heterocycles. The van der Waals surface area contributed by atoms with Crippen LogP contribution >= 0.6 is 0 Å². The molecule has 1 aromatic carbocycles. The van der Waals surface area contributed by atoms with Gasteiger partial charge in [0, 0.05) is 37.3 Å². The third-order valence-corrected chi connectivity index (χ3v) is 7.77. The molecule has 0 radical (unpaired) electrons. The lowest BCUT2D eigenvalue weighted by molar-refractivity contribution is -0.133. The molecule has 6 nitrogen and oxygen atoms in total. The Morgan fingerprint density at radius 2 is 2.11 bits per heavy atom. The zero-order valence-electron chi connectivity index (χ0n) is 15.8. The number of para-hydroxylation sites is 1. The minimum absolute atomic E-state index is 0.0107. The highest BCUT2D eigenvalue weighted by atomic mass is 32.2. The summed E-state index contributed by atoms with van der Waals surface area (Å²) in [5.41, 5.74) is 2.40. The number of ether oxygens (including phenoxy) is 1. The fraction of sp³-hybridized carbons (Fsp3) is 0.650. The van der Waals surface area contributed by atoms with Crippen molar-refractivity contribution in [3.63, 3.8) is 0 Å². The molecule has 4 rings (SSSR count). The van der Waals surface area contributed by atoms with Crippen LogP contribution in [0.15, 0.2) is 24.3 Å². The number of carbonyl (C=O) groups excluding carboxylic acids is 1. The summed E-state index contributed by atoms with van der Waals surface area (Å²) < 4.78 is 29.7. The zero-order chi connectivity index (χ0) is 19.0. The number of sulfone groups is 1. The molecule has 0 saturated carbocycles. The fourth-order valence-corrected chi connectivity index (χ4v) is 6.34. The van der Waals surface area contributed by atoms with E-state index < -0.39 is 9.84 Å². The van der Waals surface area contributed by atoms with Gasteiger partial charge >= 0.3 is 0 Å². The molecule has 3 atom stereocenters. The number of amides is 1. The van der Waals surface area contributed by atoms with Gasteiger partial charge in [-0.1, -0.05) is 25.1 Å². The van der Waals surface area contributed by atoms with Gasteiger partial charge in [-0.25, -0.2) is 8.42 Å². The zero-order valence-corrected chi connectivity index (χ0v) is 16.7. The first-order valence-corrected chi connectivity index (χ1v) is 11.7. The SMILES string of the molecule is CC1CN(CC(=O)N(CC2CCCO2)C2CCS(=O)(=O)C2)c2ccccc21. The van der Waals surface area contributed by atoms with Crippen molar-refractivity contribution in [3.05, 3.63) is 29.8 Å². The second-order valence-corrected chi connectivity index (χ2v) is 10.3. The lowest BCUT2D eigenvalue weighted by Crippen LogP contribution is -2.49. The third kappa shape index (κ3) is 3.99. The maximum absolute atomic E-state index is 13.2. The number of hydrogen-bond acceptors (Lipinski definition) is 5. The highest BCUT2D eigenvalue weighted by molar-refractivity contribution is 7.91. The number of fused-ring (bicyclic) bond motifs is 1. The summed E-state index contributed by atoms with van der Waals surface area (Å²) >= 11 is 0. The molecule has 3 aliphatic heterocycles. The van der Waals surface area contributed by atoms with Crippen molar-refractivity contribution in [1.82, 2.24) is 4.90 Å². The second-order valence-electron chi connectivity index (χ2n) is 8.08. The summed E-state index contributed by atoms with van der Waals surface area (Å²) in [6, 6.07) is 8.01. The molecule has 2 fully saturated rings. The quantitative estimate of drug-likeness (QED) is 0.765. The van der Waals surface area contributed by atoms with Crippen LogP contribution in [0.1, 0.15) is 37.7 Å². The van der Waals surface area contributed by atoms with Gasteiger partial charge in [-0.05, 0) is 30.9 Å². The molecular formula is C20H28N2O4S. The molecule has 3 unspecified atom stereocenters. The van der Waals surface area contributed by atoms with E-state index in [0.29, 0.717) is 25.4 Å². The van der Waals surface area contributed by atoms with Crippen LogP contribution < -0.4 is 4.90 Å². The van der Waals surface area contributed by atoms with Crippen molar-refractivity contribution in [1.29, 1.82) is 0 Å². The van der Waals surface area contributed by atoms with Crippen molar-refractivity contribution in [2.24, 2.45) is 0 Å². The number of anilines is 1. The molecule has 0 aromatic heterocycles. The Morgan fingerprint density at radius 3 is 2.81 bits per heavy atom. The van der Waals surface area contributed by atoms with Crippen molar-refractivity contribution in [2.75, 3.05) is 42.6 Å². The Morgan fingerprint density at radius 1 is 1.30 bits per heavy atom. The maximum atomic E-state index is 13.2. The van der Waals surface area contributed by atoms with Gasteiger partial charge in [-0.2, -0.15) is 0 Å². The first-order chi connectivity index (χ1) is 12.9. The first kappa shape index (κ1) is 18.7. The summed E-state index contributed by atoms with van der Waals surface area (Å²) in [5, 5.41) is 0. The Balaban J connectivity index is 1.50. The third-order valence-electron chi connectivity index (χ3n) is 6.02. The Kier molecular flexibility index (Phi) is 5.16. The van der Waals surface area contributed by atoms with Gasteiger partial charge in [0.1, 0.15) is 0 Å². The van der Waals surface area contributed by atoms with Gasteiger partial charge in [-0.15, -0.1) is 0 Å². The molecule has 0 aliphatic carbocycles. The summed E-state index contributed by atoms with van der Waals surface area (Å²) in [4.78, 5) is 17.2. The van der Waals surface area contributed by atoms with Crippen LogP contribution in [0.5, 0.6) is 0 Å². The maximum Gasteiger partial charge on any atom is 0.242 e. The summed E-state index contributed by atoms with van der Waals surface area (Å²) in [5.74, 6) is 0.665. The summed E-state index contributed by atoms with van der Waals surface area (Å²) in [6.45, 7) is 4.53. The van der Waals surface area contributed by atoms with E-state index in [9.17, 15) is 13.2 Å². The van der Waals surface area contributed by atoms with Crippen molar-refractivity contribution in [3.8, 4) is 0 Å². The van der Waals surface area contributed by atoms with E-state index in [1.54, 1.807) is 4.90 Å². The molecule has 3 heterocycles. The first-order valence-electron chi connectivity index (χ1n) is 9.88. The topological polar surface area (TPSA) is 66.9 Å². The largest absolute Gasteiger partial charge is 0.376 e. The van der Waals surface area contributed by atoms with E-state index in [2.05, 4.69) is 24.0 Å². The number of benzene rings is 1. The molecule has 0 bridgehead atoms. The molecule has 0 spiro atoms. The van der Waals surface area contributed by atoms with E-state index in [1.807, 2.05) is 12.1 Å². The molecule has 3 aliphatic rings. The fourth-order valence-electron chi connectivity index (χ4n) is 4.61. The number of rotatable bonds is 5. The lowest BCUT2D eigenvalue weighted by Gasteiger charge is -2.32. The van der Waals surface area contributed by atoms with Gasteiger partial charge < -0.3 is 14.5 Å². The van der Waals surface area contributed by atoms with E-state index in [4.69, 9.17) is 4.74 Å². The summed E-state index contributed by atoms with van der Waals surface area (Å²) in [7, 11) is -3.04. The number of hydrogen-bond donors (Lipinski definition) is 0. The van der Waals surface area contributed by atoms with Crippen LogP contribution in [0, 0.1) is 0 Å². The predicted molar refractivity (Wildman–Crippen MR) is 105 cm³/mol. The average Bonchev–Trinajstić information content (AvgIpc) is 3.34. The van der Waals surface area contributed by atoms with Crippen molar-refractivity contribution < 1.29 is 17.9 Å². The molecule has 27 heavy (non-hydrogen) atoms. The van der Waals surface area contributed by atoms with Crippen LogP contribution in [-0.2, 0) is 19.4 Å². The standard InChI is InChI=1S/C20H28N2O4S/c1-15-11-21(19-7-3-2-6-18(15)19)13-20(23)22(12-17-5-4-9-26-17)16-8-10-27(24,25)14-16/h2-3,6-7,15-17H,4-5,8-14H2,1H3. The van der Waals surface area contributed by atoms with Gasteiger partial charge in [0.05, 0.1) is 24.2 Å². The molecule has 1 aromatic rings. The molecule has 148 valence electrons. The van der Waals surface area contributed by atoms with Crippen LogP contribution in [0.25, 0.3) is 0 Å². The normalized spacial score (nSPS) is 29.1. The summed E-state index contributed by atoms with van der Waals surface area (Å²) in [6.07, 6.45) is 2.51. The molecule has 1 amide bonds. The Hall–Kier alpha value is -1.60. The minimum Gasteiger partial charge on any atom is -0.376 e. The highest BCUT2D eigenvalue weighted by Gasteiger charge is 2.37. The predicted octanol–water partition coefficient (Wildman–Crippen LogP) is 1.80. The Labute approximate surface area is 161 Å². The van der Waals surface area contributed by atoms with E-state index >= 15 is 0 Å². The van der Waals surface area contributed by atoms with E-state index in [1.165, 1.54) is 5.56 Å². The number of nitrogens with zero attached hydrogens (tertiary/aromatic N) is 2. The van der Waals surface area contributed by atoms with Gasteiger partial charge in [0.25, 0.3) is 0 Å². The Bertz CT molecular complexity index is 804. The van der Waals surface area contributed by atoms with Gasteiger partial charge in [0.15, 0.2) is 9.84 Å². The van der Waals surface area contributed by atoms with E-state index in [0.717, 1.165) is 31.7 Å². The van der Waals surface area contributed by atoms with E-state index in [-0.39, 0.29) is 29.6 Å². The van der Waals surface area contributed by atoms with Gasteiger partial charge in [0.2, 0.25) is 5.91 Å². The van der Waals surface area contributed by atoms with Crippen LogP contribution in [0.3, 0.4) is 0 Å². The van der Waals surface area contributed by atoms with Crippen LogP contribution in [0.4, 0.5) is 5.69 Å². The molecule has 0 N–H and O–H groups in total. The monoisotopic (exact) mass is 392 g/mol. The number of carbonyl (C=O) groups is 1. The molecule has 7 heteroatoms. The average molecular weight is 393 g/mol. The van der Waals surface area contributed by atoms with Gasteiger partial charge in [-0.3, -0.25) is 4.79 Å². The molecular weight excluding hydrogens is 364 g/mol. The minimum atomic E-state index is -3.04. The van der Waals surface area contributed by atoms with Crippen LogP contribution in [-0.4, -0.2) is 69.1 Å². The highest BCUT2D eigenvalue weighted by Crippen LogP contribution is 2.35. The van der Waals surface area contributed by atoms with Crippen LogP contribution in [0.2, 0.25) is 0 Å². The lowest BCUT2D eigenvalue weighted by atomic mass is 10.0. The smallest absolute Gasteiger partial charge is 0.242 e. The van der Waals surface area contributed by atoms with Crippen molar-refractivity contribution >= 4 is 21.4 Å². The second kappa shape index (κ2) is 7.43.